The Morgan fingerprint density at radius 2 is 1.64 bits per heavy atom. The Bertz CT molecular complexity index is 2340. The molecular weight excluding hydrogens is 729 g/mol. The number of alkyl halides is 1. The van der Waals surface area contributed by atoms with Crippen molar-refractivity contribution >= 4 is 44.5 Å². The van der Waals surface area contributed by atoms with E-state index in [1.807, 2.05) is 30.3 Å². The molecule has 0 bridgehead atoms. The first-order chi connectivity index (χ1) is 26.1. The van der Waals surface area contributed by atoms with Crippen LogP contribution in [0.5, 0.6) is 0 Å². The summed E-state index contributed by atoms with van der Waals surface area (Å²) in [4.78, 5) is 44.4. The third kappa shape index (κ3) is 8.41. The number of nitrogens with zero attached hydrogens (tertiary/aromatic N) is 3. The molecule has 0 N–H and O–H groups in total. The number of Topliss-reactive ketones (excluding diaryl/α,β-unsaturated/α-hetero) is 1. The van der Waals surface area contributed by atoms with Crippen molar-refractivity contribution < 1.29 is 40.7 Å². The molecule has 1 unspecified atom stereocenters. The molecule has 1 atom stereocenters. The van der Waals surface area contributed by atoms with Crippen LogP contribution in [0.4, 0.5) is 19.3 Å². The predicted molar refractivity (Wildman–Crippen MR) is 208 cm³/mol. The Kier molecular flexibility index (Phi) is 11.1. The van der Waals surface area contributed by atoms with Crippen molar-refractivity contribution in [3.63, 3.8) is 0 Å². The summed E-state index contributed by atoms with van der Waals surface area (Å²) in [6, 6.07) is 24.1. The van der Waals surface area contributed by atoms with E-state index >= 15 is 0 Å². The molecule has 10 nitrogen and oxygen atoms in total. The zero-order valence-corrected chi connectivity index (χ0v) is 32.2. The van der Waals surface area contributed by atoms with E-state index in [2.05, 4.69) is 0 Å². The first kappa shape index (κ1) is 39.1. The van der Waals surface area contributed by atoms with Gasteiger partial charge < -0.3 is 19.0 Å². The zero-order valence-electron chi connectivity index (χ0n) is 31.3. The first-order valence-electron chi connectivity index (χ1n) is 18.0. The summed E-state index contributed by atoms with van der Waals surface area (Å²) in [6.07, 6.45) is 0.609. The second kappa shape index (κ2) is 15.7. The number of hydrogen-bond acceptors (Lipinski definition) is 7. The van der Waals surface area contributed by atoms with Crippen LogP contribution in [0.2, 0.25) is 0 Å². The minimum absolute atomic E-state index is 0.0836. The maximum atomic E-state index is 14.5. The Balaban J connectivity index is 1.48. The Labute approximate surface area is 319 Å². The zero-order chi connectivity index (χ0) is 39.7. The van der Waals surface area contributed by atoms with E-state index in [1.165, 1.54) is 30.3 Å². The lowest BCUT2D eigenvalue weighted by Crippen LogP contribution is -2.53. The number of fused-ring (bicyclic) bond motifs is 1. The second-order valence-corrected chi connectivity index (χ2v) is 16.3. The Morgan fingerprint density at radius 3 is 2.27 bits per heavy atom. The monoisotopic (exact) mass is 771 g/mol. The lowest BCUT2D eigenvalue weighted by Gasteiger charge is -2.42. The van der Waals surface area contributed by atoms with E-state index in [-0.39, 0.29) is 65.9 Å². The van der Waals surface area contributed by atoms with Crippen molar-refractivity contribution in [1.82, 2.24) is 9.80 Å². The first-order valence-corrected chi connectivity index (χ1v) is 19.8. The molecular formula is C42H43F2N3O7S. The van der Waals surface area contributed by atoms with Gasteiger partial charge in [0.05, 0.1) is 30.1 Å². The molecule has 55 heavy (non-hydrogen) atoms. The number of piperazine rings is 1. The molecule has 13 heteroatoms. The molecule has 6 rings (SSSR count). The van der Waals surface area contributed by atoms with Crippen LogP contribution in [0.1, 0.15) is 66.4 Å². The number of carbonyl (C=O) groups excluding carboxylic acids is 3. The van der Waals surface area contributed by atoms with Gasteiger partial charge in [0.2, 0.25) is 10.0 Å². The number of ketones is 1. The third-order valence-electron chi connectivity index (χ3n) is 9.37. The lowest BCUT2D eigenvalue weighted by molar-refractivity contribution is 0.00408. The molecule has 1 aliphatic heterocycles. The van der Waals surface area contributed by atoms with Crippen LogP contribution in [0.25, 0.3) is 33.4 Å². The van der Waals surface area contributed by atoms with Crippen molar-refractivity contribution in [2.75, 3.05) is 43.4 Å². The fourth-order valence-corrected chi connectivity index (χ4v) is 7.74. The summed E-state index contributed by atoms with van der Waals surface area (Å²) in [5, 5.41) is 0.373. The summed E-state index contributed by atoms with van der Waals surface area (Å²) in [5.41, 5.74) is 2.08. The number of anilines is 1. The highest BCUT2D eigenvalue weighted by atomic mass is 32.2. The lowest BCUT2D eigenvalue weighted by atomic mass is 9.95. The van der Waals surface area contributed by atoms with Gasteiger partial charge in [-0.3, -0.25) is 13.9 Å². The number of amides is 2. The number of sulfonamides is 1. The van der Waals surface area contributed by atoms with Crippen LogP contribution in [0.15, 0.2) is 95.4 Å². The number of ether oxygens (including phenoxy) is 1. The van der Waals surface area contributed by atoms with Crippen molar-refractivity contribution in [3.8, 4) is 22.5 Å². The van der Waals surface area contributed by atoms with E-state index in [1.54, 1.807) is 67.8 Å². The van der Waals surface area contributed by atoms with Crippen LogP contribution >= 0.6 is 0 Å². The van der Waals surface area contributed by atoms with E-state index < -0.39 is 46.8 Å². The topological polar surface area (TPSA) is 117 Å². The SMILES string of the molecule is CCC(=O)c1c(-c2ccc(F)cc2)oc2cc(N(CCF)S(C)(=O)=O)c(-c3cccc(C(=O)N4CCN(C(=O)OC(C)(C)C)CC4c4ccccc4)c3)cc12. The van der Waals surface area contributed by atoms with Gasteiger partial charge in [-0.15, -0.1) is 0 Å². The number of carbonyl (C=O) groups is 3. The minimum Gasteiger partial charge on any atom is -0.455 e. The molecule has 0 radical (unpaired) electrons. The van der Waals surface area contributed by atoms with Gasteiger partial charge in [0.25, 0.3) is 5.91 Å². The van der Waals surface area contributed by atoms with E-state index in [0.717, 1.165) is 16.1 Å². The molecule has 2 heterocycles. The molecule has 2 amide bonds. The van der Waals surface area contributed by atoms with Crippen molar-refractivity contribution in [1.29, 1.82) is 0 Å². The molecule has 1 aromatic heterocycles. The molecule has 0 spiro atoms. The predicted octanol–water partition coefficient (Wildman–Crippen LogP) is 8.67. The molecule has 0 aliphatic carbocycles. The average molecular weight is 772 g/mol. The van der Waals surface area contributed by atoms with E-state index in [0.29, 0.717) is 22.1 Å². The average Bonchev–Trinajstić information content (AvgIpc) is 3.53. The normalized spacial score (nSPS) is 14.9. The second-order valence-electron chi connectivity index (χ2n) is 14.4. The van der Waals surface area contributed by atoms with Gasteiger partial charge in [0, 0.05) is 54.2 Å². The fourth-order valence-electron chi connectivity index (χ4n) is 6.83. The number of benzene rings is 4. The fraction of sp³-hybridized carbons (Fsp3) is 0.310. The van der Waals surface area contributed by atoms with Crippen molar-refractivity contribution in [2.24, 2.45) is 0 Å². The highest BCUT2D eigenvalue weighted by molar-refractivity contribution is 7.92. The maximum absolute atomic E-state index is 14.5. The molecule has 0 saturated carbocycles. The van der Waals surface area contributed by atoms with Gasteiger partial charge in [0.1, 0.15) is 29.4 Å². The summed E-state index contributed by atoms with van der Waals surface area (Å²) < 4.78 is 67.0. The third-order valence-corrected chi connectivity index (χ3v) is 10.5. The van der Waals surface area contributed by atoms with Gasteiger partial charge in [-0.1, -0.05) is 49.4 Å². The Hall–Kier alpha value is -5.56. The van der Waals surface area contributed by atoms with Gasteiger partial charge in [-0.2, -0.15) is 0 Å². The van der Waals surface area contributed by atoms with Gasteiger partial charge in [-0.05, 0) is 74.4 Å². The molecule has 1 aliphatic rings. The van der Waals surface area contributed by atoms with Crippen LogP contribution in [-0.2, 0) is 14.8 Å². The summed E-state index contributed by atoms with van der Waals surface area (Å²) in [7, 11) is -4.04. The highest BCUT2D eigenvalue weighted by Gasteiger charge is 2.36. The van der Waals surface area contributed by atoms with Crippen LogP contribution in [-0.4, -0.2) is 80.7 Å². The summed E-state index contributed by atoms with van der Waals surface area (Å²) >= 11 is 0. The van der Waals surface area contributed by atoms with Crippen LogP contribution in [0.3, 0.4) is 0 Å². The number of halogens is 2. The number of hydrogen-bond donors (Lipinski definition) is 0. The molecule has 288 valence electrons. The van der Waals surface area contributed by atoms with Crippen LogP contribution in [0, 0.1) is 5.82 Å². The van der Waals surface area contributed by atoms with E-state index in [4.69, 9.17) is 9.15 Å². The maximum Gasteiger partial charge on any atom is 0.410 e. The van der Waals surface area contributed by atoms with E-state index in [9.17, 15) is 31.6 Å². The molecule has 5 aromatic rings. The van der Waals surface area contributed by atoms with Gasteiger partial charge in [-0.25, -0.2) is 22.0 Å². The molecule has 4 aromatic carbocycles. The molecule has 1 fully saturated rings. The largest absolute Gasteiger partial charge is 0.455 e. The number of furan rings is 1. The van der Waals surface area contributed by atoms with Gasteiger partial charge in [0.15, 0.2) is 5.78 Å². The summed E-state index contributed by atoms with van der Waals surface area (Å²) in [5.74, 6) is -0.878. The smallest absolute Gasteiger partial charge is 0.410 e. The quantitative estimate of drug-likeness (QED) is 0.131. The standard InChI is InChI=1S/C42H43F2N3O7S/c1-6-36(48)38-33-24-32(34(47(20-19-43)55(5,51)52)25-37(33)53-39(38)28-15-17-31(44)18-16-28)29-13-10-14-30(23-29)40(49)46-22-21-45(41(50)54-42(2,3)4)26-35(46)27-11-8-7-9-12-27/h7-18,23-25,35H,6,19-22,26H2,1-5H3. The highest BCUT2D eigenvalue weighted by Crippen LogP contribution is 2.42. The Morgan fingerprint density at radius 1 is 0.927 bits per heavy atom. The van der Waals surface area contributed by atoms with Crippen molar-refractivity contribution in [2.45, 2.75) is 45.8 Å². The molecule has 1 saturated heterocycles. The minimum atomic E-state index is -4.04. The van der Waals surface area contributed by atoms with Crippen molar-refractivity contribution in [3.05, 3.63) is 114 Å². The number of rotatable bonds is 10. The summed E-state index contributed by atoms with van der Waals surface area (Å²) in [6.45, 7) is 6.24. The van der Waals surface area contributed by atoms with Crippen LogP contribution < -0.4 is 4.31 Å². The van der Waals surface area contributed by atoms with Gasteiger partial charge >= 0.3 is 6.09 Å².